The zero-order valence-electron chi connectivity index (χ0n) is 9.15. The summed E-state index contributed by atoms with van der Waals surface area (Å²) in [5, 5.41) is 1.23. The molecule has 0 unspecified atom stereocenters. The minimum Gasteiger partial charge on any atom is -0.399 e. The monoisotopic (exact) mass is 278 g/mol. The fraction of sp³-hybridized carbons (Fsp3) is 0. The van der Waals surface area contributed by atoms with Gasteiger partial charge in [0.15, 0.2) is 0 Å². The third kappa shape index (κ3) is 1.94. The van der Waals surface area contributed by atoms with E-state index in [1.807, 2.05) is 6.07 Å². The number of hydrogen-bond donors (Lipinski definition) is 1. The smallest absolute Gasteiger partial charge is 0.133 e. The molecule has 5 heteroatoms. The first kappa shape index (κ1) is 11.4. The molecule has 18 heavy (non-hydrogen) atoms. The summed E-state index contributed by atoms with van der Waals surface area (Å²) in [6.07, 6.45) is 0. The number of rotatable bonds is 1. The van der Waals surface area contributed by atoms with Gasteiger partial charge in [0.25, 0.3) is 0 Å². The van der Waals surface area contributed by atoms with Gasteiger partial charge in [-0.3, -0.25) is 0 Å². The van der Waals surface area contributed by atoms with Gasteiger partial charge in [0.1, 0.15) is 10.8 Å². The predicted molar refractivity (Wildman–Crippen MR) is 74.4 cm³/mol. The second-order valence-electron chi connectivity index (χ2n) is 3.87. The molecule has 0 aliphatic heterocycles. The lowest BCUT2D eigenvalue weighted by molar-refractivity contribution is 0.631. The van der Waals surface area contributed by atoms with E-state index in [0.29, 0.717) is 21.3 Å². The van der Waals surface area contributed by atoms with Crippen molar-refractivity contribution in [1.29, 1.82) is 0 Å². The van der Waals surface area contributed by atoms with Crippen LogP contribution in [-0.4, -0.2) is 4.98 Å². The molecule has 0 atom stereocenters. The summed E-state index contributed by atoms with van der Waals surface area (Å²) in [6, 6.07) is 9.91. The SMILES string of the molecule is Nc1ccc(F)c(-c2nc3cc(Cl)ccc3s2)c1. The Hall–Kier alpha value is -1.65. The van der Waals surface area contributed by atoms with Crippen LogP contribution in [0.2, 0.25) is 5.02 Å². The molecular weight excluding hydrogens is 271 g/mol. The van der Waals surface area contributed by atoms with Crippen LogP contribution in [0.25, 0.3) is 20.8 Å². The van der Waals surface area contributed by atoms with Crippen LogP contribution < -0.4 is 5.73 Å². The van der Waals surface area contributed by atoms with Gasteiger partial charge in [-0.2, -0.15) is 0 Å². The van der Waals surface area contributed by atoms with Gasteiger partial charge in [-0.15, -0.1) is 11.3 Å². The first-order valence-electron chi connectivity index (χ1n) is 5.25. The molecule has 90 valence electrons. The van der Waals surface area contributed by atoms with Crippen molar-refractivity contribution >= 4 is 38.8 Å². The number of benzene rings is 2. The van der Waals surface area contributed by atoms with Crippen LogP contribution in [0, 0.1) is 5.82 Å². The largest absolute Gasteiger partial charge is 0.399 e. The van der Waals surface area contributed by atoms with E-state index in [-0.39, 0.29) is 5.82 Å². The zero-order chi connectivity index (χ0) is 12.7. The van der Waals surface area contributed by atoms with E-state index in [1.165, 1.54) is 23.5 Å². The van der Waals surface area contributed by atoms with Gasteiger partial charge in [-0.05, 0) is 36.4 Å². The molecule has 0 fully saturated rings. The highest BCUT2D eigenvalue weighted by atomic mass is 35.5. The number of anilines is 1. The van der Waals surface area contributed by atoms with E-state index >= 15 is 0 Å². The minimum absolute atomic E-state index is 0.325. The summed E-state index contributed by atoms with van der Waals surface area (Å²) in [4.78, 5) is 4.38. The number of nitrogen functional groups attached to an aromatic ring is 1. The van der Waals surface area contributed by atoms with Gasteiger partial charge in [0.2, 0.25) is 0 Å². The molecular formula is C13H8ClFN2S. The maximum absolute atomic E-state index is 13.7. The Kier molecular flexibility index (Phi) is 2.69. The van der Waals surface area contributed by atoms with Gasteiger partial charge in [-0.25, -0.2) is 9.37 Å². The fourth-order valence-corrected chi connectivity index (χ4v) is 2.85. The Balaban J connectivity index is 2.22. The Morgan fingerprint density at radius 2 is 2.00 bits per heavy atom. The number of hydrogen-bond acceptors (Lipinski definition) is 3. The van der Waals surface area contributed by atoms with Crippen LogP contribution in [0.1, 0.15) is 0 Å². The number of halogens is 2. The van der Waals surface area contributed by atoms with E-state index in [9.17, 15) is 4.39 Å². The second-order valence-corrected chi connectivity index (χ2v) is 5.34. The number of nitrogens with two attached hydrogens (primary N) is 1. The fourth-order valence-electron chi connectivity index (χ4n) is 1.72. The second kappa shape index (κ2) is 4.23. The van der Waals surface area contributed by atoms with E-state index < -0.39 is 0 Å². The van der Waals surface area contributed by atoms with E-state index in [1.54, 1.807) is 18.2 Å². The highest BCUT2D eigenvalue weighted by Crippen LogP contribution is 2.33. The highest BCUT2D eigenvalue weighted by molar-refractivity contribution is 7.21. The van der Waals surface area contributed by atoms with Crippen molar-refractivity contribution in [2.45, 2.75) is 0 Å². The minimum atomic E-state index is -0.325. The average molecular weight is 279 g/mol. The summed E-state index contributed by atoms with van der Waals surface area (Å²) in [6.45, 7) is 0. The van der Waals surface area contributed by atoms with Crippen molar-refractivity contribution in [2.75, 3.05) is 5.73 Å². The van der Waals surface area contributed by atoms with Crippen molar-refractivity contribution < 1.29 is 4.39 Å². The lowest BCUT2D eigenvalue weighted by Gasteiger charge is -1.99. The van der Waals surface area contributed by atoms with Gasteiger partial charge < -0.3 is 5.73 Å². The Morgan fingerprint density at radius 1 is 1.17 bits per heavy atom. The molecule has 0 saturated heterocycles. The predicted octanol–water partition coefficient (Wildman–Crippen LogP) is 4.34. The van der Waals surface area contributed by atoms with E-state index in [4.69, 9.17) is 17.3 Å². The molecule has 3 aromatic rings. The molecule has 0 bridgehead atoms. The van der Waals surface area contributed by atoms with E-state index in [0.717, 1.165) is 10.2 Å². The van der Waals surface area contributed by atoms with Crippen LogP contribution in [0.15, 0.2) is 36.4 Å². The number of thiazole rings is 1. The van der Waals surface area contributed by atoms with Crippen LogP contribution in [0.3, 0.4) is 0 Å². The molecule has 0 radical (unpaired) electrons. The topological polar surface area (TPSA) is 38.9 Å². The molecule has 0 saturated carbocycles. The first-order chi connectivity index (χ1) is 8.63. The molecule has 1 aromatic heterocycles. The number of aromatic nitrogens is 1. The quantitative estimate of drug-likeness (QED) is 0.673. The van der Waals surface area contributed by atoms with Gasteiger partial charge in [-0.1, -0.05) is 11.6 Å². The zero-order valence-corrected chi connectivity index (χ0v) is 10.7. The molecule has 0 amide bonds. The molecule has 1 heterocycles. The normalized spacial score (nSPS) is 11.0. The van der Waals surface area contributed by atoms with Gasteiger partial charge in [0, 0.05) is 16.3 Å². The van der Waals surface area contributed by atoms with Crippen molar-refractivity contribution in [3.8, 4) is 10.6 Å². The van der Waals surface area contributed by atoms with Crippen molar-refractivity contribution in [3.63, 3.8) is 0 Å². The highest BCUT2D eigenvalue weighted by Gasteiger charge is 2.11. The molecule has 3 rings (SSSR count). The molecule has 0 aliphatic carbocycles. The standard InChI is InChI=1S/C13H8ClFN2S/c14-7-1-4-12-11(5-7)17-13(18-12)9-6-8(16)2-3-10(9)15/h1-6H,16H2. The number of nitrogens with zero attached hydrogens (tertiary/aromatic N) is 1. The lowest BCUT2D eigenvalue weighted by Crippen LogP contribution is -1.88. The Bertz CT molecular complexity index is 739. The summed E-state index contributed by atoms with van der Waals surface area (Å²) >= 11 is 7.32. The summed E-state index contributed by atoms with van der Waals surface area (Å²) < 4.78 is 14.7. The summed E-state index contributed by atoms with van der Waals surface area (Å²) in [5.74, 6) is -0.325. The molecule has 0 spiro atoms. The maximum atomic E-state index is 13.7. The van der Waals surface area contributed by atoms with Crippen molar-refractivity contribution in [1.82, 2.24) is 4.98 Å². The van der Waals surface area contributed by atoms with Crippen LogP contribution in [0.5, 0.6) is 0 Å². The van der Waals surface area contributed by atoms with Gasteiger partial charge >= 0.3 is 0 Å². The first-order valence-corrected chi connectivity index (χ1v) is 6.44. The van der Waals surface area contributed by atoms with Crippen LogP contribution in [-0.2, 0) is 0 Å². The summed E-state index contributed by atoms with van der Waals surface area (Å²) in [7, 11) is 0. The summed E-state index contributed by atoms with van der Waals surface area (Å²) in [5.41, 5.74) is 7.38. The molecule has 2 aromatic carbocycles. The molecule has 2 nitrogen and oxygen atoms in total. The number of fused-ring (bicyclic) bond motifs is 1. The molecule has 2 N–H and O–H groups in total. The van der Waals surface area contributed by atoms with Crippen LogP contribution in [0.4, 0.5) is 10.1 Å². The third-order valence-electron chi connectivity index (χ3n) is 2.57. The lowest BCUT2D eigenvalue weighted by atomic mass is 10.2. The third-order valence-corrected chi connectivity index (χ3v) is 3.88. The van der Waals surface area contributed by atoms with Gasteiger partial charge in [0.05, 0.1) is 10.2 Å². The average Bonchev–Trinajstić information content (AvgIpc) is 2.74. The van der Waals surface area contributed by atoms with E-state index in [2.05, 4.69) is 4.98 Å². The van der Waals surface area contributed by atoms with Crippen molar-refractivity contribution in [2.24, 2.45) is 0 Å². The van der Waals surface area contributed by atoms with Crippen LogP contribution >= 0.6 is 22.9 Å². The Labute approximate surface area is 112 Å². The maximum Gasteiger partial charge on any atom is 0.133 e. The molecule has 0 aliphatic rings. The Morgan fingerprint density at radius 3 is 2.83 bits per heavy atom. The van der Waals surface area contributed by atoms with Crippen molar-refractivity contribution in [3.05, 3.63) is 47.2 Å².